The quantitative estimate of drug-likeness (QED) is 0.766. The maximum atomic E-state index is 12.8. The molecule has 3 aromatic rings. The molecule has 1 amide bonds. The van der Waals surface area contributed by atoms with Crippen LogP contribution in [0.1, 0.15) is 28.4 Å². The smallest absolute Gasteiger partial charge is 0.254 e. The average molecular weight is 350 g/mol. The second-order valence-corrected chi connectivity index (χ2v) is 6.27. The molecule has 0 spiro atoms. The first kappa shape index (κ1) is 17.7. The summed E-state index contributed by atoms with van der Waals surface area (Å²) in [5.74, 6) is 0.501. The van der Waals surface area contributed by atoms with Gasteiger partial charge in [-0.3, -0.25) is 9.59 Å². The molecule has 0 radical (unpaired) electrons. The molecule has 3 rings (SSSR count). The Balaban J connectivity index is 1.91. The largest absolute Gasteiger partial charge is 0.497 e. The summed E-state index contributed by atoms with van der Waals surface area (Å²) in [6.07, 6.45) is 0. The Morgan fingerprint density at radius 2 is 1.96 bits per heavy atom. The monoisotopic (exact) mass is 350 g/mol. The normalized spacial score (nSPS) is 10.7. The first-order valence-corrected chi connectivity index (χ1v) is 8.57. The summed E-state index contributed by atoms with van der Waals surface area (Å²) in [5.41, 5.74) is 2.84. The van der Waals surface area contributed by atoms with E-state index in [2.05, 4.69) is 4.98 Å². The summed E-state index contributed by atoms with van der Waals surface area (Å²) in [4.78, 5) is 29.8. The number of carbonyl (C=O) groups excluding carboxylic acids is 1. The van der Waals surface area contributed by atoms with Crippen LogP contribution in [0.2, 0.25) is 0 Å². The lowest BCUT2D eigenvalue weighted by molar-refractivity contribution is 0.0751. The van der Waals surface area contributed by atoms with Crippen LogP contribution in [0.25, 0.3) is 10.9 Å². The highest BCUT2D eigenvalue weighted by Gasteiger charge is 2.17. The number of pyridine rings is 1. The number of hydrogen-bond donors (Lipinski definition) is 1. The van der Waals surface area contributed by atoms with E-state index in [0.29, 0.717) is 23.4 Å². The van der Waals surface area contributed by atoms with Crippen LogP contribution in [0, 0.1) is 6.92 Å². The molecule has 0 fully saturated rings. The number of aromatic amines is 1. The number of carbonyl (C=O) groups is 1. The Morgan fingerprint density at radius 1 is 1.15 bits per heavy atom. The van der Waals surface area contributed by atoms with Gasteiger partial charge in [0, 0.05) is 23.2 Å². The molecule has 1 N–H and O–H groups in total. The molecule has 0 saturated carbocycles. The van der Waals surface area contributed by atoms with Crippen molar-refractivity contribution in [3.8, 4) is 5.75 Å². The highest BCUT2D eigenvalue weighted by atomic mass is 16.5. The SMILES string of the molecule is CCN(Cc1cc2ccc(C)cc2[nH]c1=O)C(=O)c1cccc(OC)c1. The summed E-state index contributed by atoms with van der Waals surface area (Å²) in [5, 5.41) is 0.954. The Labute approximate surface area is 152 Å². The molecule has 1 heterocycles. The van der Waals surface area contributed by atoms with E-state index in [4.69, 9.17) is 4.74 Å². The zero-order valence-electron chi connectivity index (χ0n) is 15.2. The van der Waals surface area contributed by atoms with E-state index >= 15 is 0 Å². The van der Waals surface area contributed by atoms with Gasteiger partial charge in [0.2, 0.25) is 0 Å². The number of nitrogens with one attached hydrogen (secondary N) is 1. The number of fused-ring (bicyclic) bond motifs is 1. The van der Waals surface area contributed by atoms with Gasteiger partial charge in [-0.25, -0.2) is 0 Å². The fourth-order valence-electron chi connectivity index (χ4n) is 2.95. The lowest BCUT2D eigenvalue weighted by Crippen LogP contribution is -2.32. The molecule has 0 unspecified atom stereocenters. The van der Waals surface area contributed by atoms with Crippen molar-refractivity contribution < 1.29 is 9.53 Å². The number of methoxy groups -OCH3 is 1. The summed E-state index contributed by atoms with van der Waals surface area (Å²) >= 11 is 0. The van der Waals surface area contributed by atoms with Crippen LogP contribution in [-0.2, 0) is 6.54 Å². The summed E-state index contributed by atoms with van der Waals surface area (Å²) < 4.78 is 5.19. The van der Waals surface area contributed by atoms with E-state index in [9.17, 15) is 9.59 Å². The van der Waals surface area contributed by atoms with Crippen molar-refractivity contribution in [2.45, 2.75) is 20.4 Å². The number of rotatable bonds is 5. The molecular formula is C21H22N2O3. The van der Waals surface area contributed by atoms with Crippen molar-refractivity contribution in [3.05, 3.63) is 75.6 Å². The average Bonchev–Trinajstić information content (AvgIpc) is 2.66. The van der Waals surface area contributed by atoms with Gasteiger partial charge >= 0.3 is 0 Å². The fraction of sp³-hybridized carbons (Fsp3) is 0.238. The number of H-pyrrole nitrogens is 1. The second kappa shape index (κ2) is 7.44. The van der Waals surface area contributed by atoms with Gasteiger partial charge in [0.1, 0.15) is 5.75 Å². The number of nitrogens with zero attached hydrogens (tertiary/aromatic N) is 1. The molecule has 5 nitrogen and oxygen atoms in total. The van der Waals surface area contributed by atoms with E-state index < -0.39 is 0 Å². The molecular weight excluding hydrogens is 328 g/mol. The first-order chi connectivity index (χ1) is 12.5. The minimum absolute atomic E-state index is 0.130. The van der Waals surface area contributed by atoms with Crippen molar-refractivity contribution in [2.75, 3.05) is 13.7 Å². The van der Waals surface area contributed by atoms with E-state index in [1.165, 1.54) is 0 Å². The van der Waals surface area contributed by atoms with E-state index in [0.717, 1.165) is 16.5 Å². The molecule has 0 saturated heterocycles. The minimum Gasteiger partial charge on any atom is -0.497 e. The zero-order valence-corrected chi connectivity index (χ0v) is 15.2. The van der Waals surface area contributed by atoms with E-state index in [-0.39, 0.29) is 18.0 Å². The lowest BCUT2D eigenvalue weighted by Gasteiger charge is -2.21. The summed E-state index contributed by atoms with van der Waals surface area (Å²) in [6.45, 7) is 4.64. The Hall–Kier alpha value is -3.08. The maximum Gasteiger partial charge on any atom is 0.254 e. The number of aromatic nitrogens is 1. The van der Waals surface area contributed by atoms with Gasteiger partial charge in [0.15, 0.2) is 0 Å². The number of aryl methyl sites for hydroxylation is 1. The molecule has 134 valence electrons. The van der Waals surface area contributed by atoms with Crippen molar-refractivity contribution in [1.29, 1.82) is 0 Å². The van der Waals surface area contributed by atoms with Gasteiger partial charge in [-0.05, 0) is 55.1 Å². The standard InChI is InChI=1S/C21H22N2O3/c1-4-23(21(25)16-6-5-7-18(12-16)26-3)13-17-11-15-9-8-14(2)10-19(15)22-20(17)24/h5-12H,4,13H2,1-3H3,(H,22,24). The zero-order chi connectivity index (χ0) is 18.7. The third kappa shape index (κ3) is 3.61. The molecule has 2 aromatic carbocycles. The lowest BCUT2D eigenvalue weighted by atomic mass is 10.1. The third-order valence-corrected chi connectivity index (χ3v) is 4.43. The Bertz CT molecular complexity index is 1010. The molecule has 5 heteroatoms. The Kier molecular flexibility index (Phi) is 5.07. The van der Waals surface area contributed by atoms with Crippen LogP contribution >= 0.6 is 0 Å². The first-order valence-electron chi connectivity index (χ1n) is 8.57. The molecule has 1 aromatic heterocycles. The highest BCUT2D eigenvalue weighted by molar-refractivity contribution is 5.94. The van der Waals surface area contributed by atoms with Crippen LogP contribution in [0.15, 0.2) is 53.3 Å². The number of ether oxygens (including phenoxy) is 1. The van der Waals surface area contributed by atoms with Gasteiger partial charge in [0.05, 0.1) is 13.7 Å². The van der Waals surface area contributed by atoms with Gasteiger partial charge in [-0.1, -0.05) is 18.2 Å². The van der Waals surface area contributed by atoms with Crippen molar-refractivity contribution in [2.24, 2.45) is 0 Å². The molecule has 26 heavy (non-hydrogen) atoms. The maximum absolute atomic E-state index is 12.8. The van der Waals surface area contributed by atoms with Gasteiger partial charge in [-0.15, -0.1) is 0 Å². The van der Waals surface area contributed by atoms with Crippen LogP contribution in [-0.4, -0.2) is 29.4 Å². The number of benzene rings is 2. The van der Waals surface area contributed by atoms with Crippen LogP contribution in [0.5, 0.6) is 5.75 Å². The highest BCUT2D eigenvalue weighted by Crippen LogP contribution is 2.17. The van der Waals surface area contributed by atoms with Crippen LogP contribution < -0.4 is 10.3 Å². The predicted molar refractivity (Wildman–Crippen MR) is 103 cm³/mol. The Morgan fingerprint density at radius 3 is 2.69 bits per heavy atom. The third-order valence-electron chi connectivity index (χ3n) is 4.43. The van der Waals surface area contributed by atoms with Gasteiger partial charge < -0.3 is 14.6 Å². The van der Waals surface area contributed by atoms with Gasteiger partial charge in [-0.2, -0.15) is 0 Å². The minimum atomic E-state index is -0.167. The van der Waals surface area contributed by atoms with Crippen LogP contribution in [0.4, 0.5) is 0 Å². The van der Waals surface area contributed by atoms with Crippen LogP contribution in [0.3, 0.4) is 0 Å². The van der Waals surface area contributed by atoms with E-state index in [1.807, 2.05) is 38.1 Å². The number of amides is 1. The van der Waals surface area contributed by atoms with Crippen molar-refractivity contribution >= 4 is 16.8 Å². The summed E-state index contributed by atoms with van der Waals surface area (Å²) in [7, 11) is 1.57. The molecule has 0 bridgehead atoms. The van der Waals surface area contributed by atoms with Gasteiger partial charge in [0.25, 0.3) is 11.5 Å². The van der Waals surface area contributed by atoms with Crippen molar-refractivity contribution in [1.82, 2.24) is 9.88 Å². The second-order valence-electron chi connectivity index (χ2n) is 6.27. The molecule has 0 atom stereocenters. The van der Waals surface area contributed by atoms with E-state index in [1.54, 1.807) is 36.3 Å². The molecule has 0 aliphatic carbocycles. The fourth-order valence-corrected chi connectivity index (χ4v) is 2.95. The summed E-state index contributed by atoms with van der Waals surface area (Å²) in [6, 6.07) is 14.8. The topological polar surface area (TPSA) is 62.4 Å². The molecule has 0 aliphatic rings. The molecule has 0 aliphatic heterocycles. The predicted octanol–water partition coefficient (Wildman–Crippen LogP) is 3.51. The van der Waals surface area contributed by atoms with Crippen molar-refractivity contribution in [3.63, 3.8) is 0 Å². The number of hydrogen-bond acceptors (Lipinski definition) is 3.